The molecule has 2 aromatic rings. The summed E-state index contributed by atoms with van der Waals surface area (Å²) in [4.78, 5) is 39.0. The first kappa shape index (κ1) is 42.5. The number of ether oxygens (including phenoxy) is 2. The Labute approximate surface area is 303 Å². The highest BCUT2D eigenvalue weighted by Gasteiger charge is 2.27. The Morgan fingerprint density at radius 3 is 1.82 bits per heavy atom. The minimum absolute atomic E-state index is 0.0211. The molecule has 0 N–H and O–H groups in total. The number of hydrogen-bond donors (Lipinski definition) is 0. The fourth-order valence-corrected chi connectivity index (χ4v) is 5.16. The molecular formula is C44H54F2O5. The third-order valence-electron chi connectivity index (χ3n) is 7.68. The first-order valence-corrected chi connectivity index (χ1v) is 18.1. The van der Waals surface area contributed by atoms with Gasteiger partial charge in [0.05, 0.1) is 12.5 Å². The summed E-state index contributed by atoms with van der Waals surface area (Å²) in [6.45, 7) is 7.76. The van der Waals surface area contributed by atoms with Crippen molar-refractivity contribution in [2.75, 3.05) is 6.61 Å². The van der Waals surface area contributed by atoms with Crippen molar-refractivity contribution in [2.24, 2.45) is 11.8 Å². The van der Waals surface area contributed by atoms with Crippen molar-refractivity contribution < 1.29 is 32.6 Å². The number of Topliss-reactive ketones (excluding diaryl/α,β-unsaturated/α-hetero) is 1. The molecule has 0 spiro atoms. The number of hydrogen-bond acceptors (Lipinski definition) is 5. The van der Waals surface area contributed by atoms with Crippen LogP contribution in [0.3, 0.4) is 0 Å². The highest BCUT2D eigenvalue weighted by Crippen LogP contribution is 2.31. The quantitative estimate of drug-likeness (QED) is 0.0656. The number of carbonyl (C=O) groups is 3. The Kier molecular flexibility index (Phi) is 21.1. The van der Waals surface area contributed by atoms with Crippen LogP contribution in [0.1, 0.15) is 102 Å². The summed E-state index contributed by atoms with van der Waals surface area (Å²) in [6.07, 6.45) is 32.5. The van der Waals surface area contributed by atoms with E-state index in [0.29, 0.717) is 24.8 Å². The van der Waals surface area contributed by atoms with Gasteiger partial charge in [0.25, 0.3) is 0 Å². The Morgan fingerprint density at radius 1 is 0.725 bits per heavy atom. The highest BCUT2D eigenvalue weighted by atomic mass is 19.1. The molecule has 0 heterocycles. The average molecular weight is 701 g/mol. The molecule has 0 aliphatic rings. The largest absolute Gasteiger partial charge is 0.462 e. The molecular weight excluding hydrogens is 646 g/mol. The van der Waals surface area contributed by atoms with Gasteiger partial charge in [0, 0.05) is 24.5 Å². The van der Waals surface area contributed by atoms with Crippen LogP contribution in [0.5, 0.6) is 5.75 Å². The molecule has 0 saturated heterocycles. The minimum atomic E-state index is -0.797. The van der Waals surface area contributed by atoms with E-state index in [4.69, 9.17) is 9.47 Å². The van der Waals surface area contributed by atoms with Crippen molar-refractivity contribution in [1.82, 2.24) is 0 Å². The van der Waals surface area contributed by atoms with E-state index in [1.54, 1.807) is 6.92 Å². The van der Waals surface area contributed by atoms with Crippen LogP contribution in [-0.2, 0) is 14.3 Å². The summed E-state index contributed by atoms with van der Waals surface area (Å²) in [7, 11) is 0. The van der Waals surface area contributed by atoms with Gasteiger partial charge in [-0.05, 0) is 94.0 Å². The van der Waals surface area contributed by atoms with Gasteiger partial charge >= 0.3 is 11.9 Å². The maximum absolute atomic E-state index is 14.5. The van der Waals surface area contributed by atoms with Crippen LogP contribution in [0.25, 0.3) is 11.1 Å². The Hall–Kier alpha value is -4.65. The van der Waals surface area contributed by atoms with Gasteiger partial charge < -0.3 is 9.47 Å². The molecule has 0 bridgehead atoms. The predicted molar refractivity (Wildman–Crippen MR) is 203 cm³/mol. The second-order valence-corrected chi connectivity index (χ2v) is 12.5. The van der Waals surface area contributed by atoms with Crippen molar-refractivity contribution in [1.29, 1.82) is 0 Å². The molecule has 0 aliphatic carbocycles. The van der Waals surface area contributed by atoms with Gasteiger partial charge in [-0.3, -0.25) is 9.59 Å². The second-order valence-electron chi connectivity index (χ2n) is 12.5. The van der Waals surface area contributed by atoms with Crippen molar-refractivity contribution in [3.63, 3.8) is 0 Å². The SMILES string of the molecule is CC/C=C\C/C=C\C/C=C\C/C=C\C/C=C\C/C=C\CCC(=O)CC(CC(C)C)C(=O)Oc1ccc(-c2ccc(F)cc2F)cc1C(=O)OCC. The highest BCUT2D eigenvalue weighted by molar-refractivity contribution is 5.95. The Balaban J connectivity index is 1.85. The van der Waals surface area contributed by atoms with E-state index in [0.717, 1.165) is 50.7 Å². The lowest BCUT2D eigenvalue weighted by Crippen LogP contribution is -2.25. The first-order valence-electron chi connectivity index (χ1n) is 18.1. The summed E-state index contributed by atoms with van der Waals surface area (Å²) in [5, 5.41) is 0. The monoisotopic (exact) mass is 700 g/mol. The van der Waals surface area contributed by atoms with Crippen molar-refractivity contribution in [3.8, 4) is 16.9 Å². The molecule has 1 atom stereocenters. The molecule has 2 aromatic carbocycles. The number of carbonyl (C=O) groups excluding carboxylic acids is 3. The van der Waals surface area contributed by atoms with Gasteiger partial charge in [0.1, 0.15) is 28.7 Å². The fourth-order valence-electron chi connectivity index (χ4n) is 5.16. The zero-order valence-corrected chi connectivity index (χ0v) is 30.6. The molecule has 51 heavy (non-hydrogen) atoms. The molecule has 5 nitrogen and oxygen atoms in total. The lowest BCUT2D eigenvalue weighted by Gasteiger charge is -2.18. The first-order chi connectivity index (χ1) is 24.7. The van der Waals surface area contributed by atoms with E-state index in [1.165, 1.54) is 24.3 Å². The number of halogens is 2. The zero-order valence-electron chi connectivity index (χ0n) is 30.6. The molecule has 1 unspecified atom stereocenters. The lowest BCUT2D eigenvalue weighted by molar-refractivity contribution is -0.141. The van der Waals surface area contributed by atoms with Crippen molar-refractivity contribution in [2.45, 2.75) is 91.9 Å². The molecule has 274 valence electrons. The van der Waals surface area contributed by atoms with Gasteiger partial charge in [-0.15, -0.1) is 0 Å². The normalized spacial score (nSPS) is 12.8. The molecule has 0 amide bonds. The number of rotatable bonds is 23. The zero-order chi connectivity index (χ0) is 37.3. The number of ketones is 1. The van der Waals surface area contributed by atoms with Gasteiger partial charge in [0.15, 0.2) is 0 Å². The fraction of sp³-hybridized carbons (Fsp3) is 0.386. The minimum Gasteiger partial charge on any atom is -0.462 e. The third-order valence-corrected chi connectivity index (χ3v) is 7.68. The molecule has 7 heteroatoms. The van der Waals surface area contributed by atoms with Crippen LogP contribution in [0.15, 0.2) is 109 Å². The van der Waals surface area contributed by atoms with Gasteiger partial charge in [0.2, 0.25) is 0 Å². The van der Waals surface area contributed by atoms with E-state index in [9.17, 15) is 23.2 Å². The maximum Gasteiger partial charge on any atom is 0.341 e. The van der Waals surface area contributed by atoms with Gasteiger partial charge in [-0.2, -0.15) is 0 Å². The molecule has 0 fully saturated rings. The van der Waals surface area contributed by atoms with E-state index < -0.39 is 29.5 Å². The second kappa shape index (κ2) is 25.3. The van der Waals surface area contributed by atoms with Crippen LogP contribution in [0, 0.1) is 23.5 Å². The molecule has 0 aromatic heterocycles. The van der Waals surface area contributed by atoms with Crippen LogP contribution < -0.4 is 4.74 Å². The molecule has 0 radical (unpaired) electrons. The predicted octanol–water partition coefficient (Wildman–Crippen LogP) is 11.8. The standard InChI is InChI=1S/C44H54F2O5/c1-5-7-8-9-10-11-12-13-14-15-16-17-18-19-20-21-22-23-24-25-38(47)31-36(30-34(3)4)43(48)51-42-29-26-35(32-40(42)44(49)50-6-2)39-28-27-37(45)33-41(39)46/h7-8,10-11,13-14,16-17,19-20,22-23,26-29,32-34,36H,5-6,9,12,15,18,21,24-25,30-31H2,1-4H3/b8-7-,11-10-,14-13-,17-16-,20-19-,23-22-. The van der Waals surface area contributed by atoms with Crippen LogP contribution in [-0.4, -0.2) is 24.3 Å². The Bertz CT molecular complexity index is 1560. The average Bonchev–Trinajstić information content (AvgIpc) is 3.09. The summed E-state index contributed by atoms with van der Waals surface area (Å²) in [6, 6.07) is 7.36. The van der Waals surface area contributed by atoms with Crippen LogP contribution in [0.4, 0.5) is 8.78 Å². The third kappa shape index (κ3) is 17.7. The van der Waals surface area contributed by atoms with E-state index in [2.05, 4.69) is 67.7 Å². The van der Waals surface area contributed by atoms with Crippen LogP contribution >= 0.6 is 0 Å². The number of benzene rings is 2. The molecule has 2 rings (SSSR count). The summed E-state index contributed by atoms with van der Waals surface area (Å²) in [5.41, 5.74) is 0.298. The van der Waals surface area contributed by atoms with Crippen molar-refractivity contribution in [3.05, 3.63) is 127 Å². The van der Waals surface area contributed by atoms with E-state index in [1.807, 2.05) is 26.0 Å². The summed E-state index contributed by atoms with van der Waals surface area (Å²) < 4.78 is 38.8. The van der Waals surface area contributed by atoms with Crippen molar-refractivity contribution >= 4 is 17.7 Å². The maximum atomic E-state index is 14.5. The van der Waals surface area contributed by atoms with Crippen LogP contribution in [0.2, 0.25) is 0 Å². The summed E-state index contributed by atoms with van der Waals surface area (Å²) >= 11 is 0. The van der Waals surface area contributed by atoms with Gasteiger partial charge in [-0.25, -0.2) is 13.6 Å². The summed E-state index contributed by atoms with van der Waals surface area (Å²) in [5.74, 6) is -3.59. The molecule has 0 saturated carbocycles. The lowest BCUT2D eigenvalue weighted by atomic mass is 9.91. The van der Waals surface area contributed by atoms with Gasteiger partial charge in [-0.1, -0.05) is 99.7 Å². The van der Waals surface area contributed by atoms with E-state index in [-0.39, 0.29) is 41.6 Å². The smallest absolute Gasteiger partial charge is 0.341 e. The molecule has 0 aliphatic heterocycles. The number of esters is 2. The Morgan fingerprint density at radius 2 is 1.29 bits per heavy atom. The van der Waals surface area contributed by atoms with E-state index >= 15 is 0 Å². The number of allylic oxidation sites excluding steroid dienone is 12. The topological polar surface area (TPSA) is 69.7 Å².